The van der Waals surface area contributed by atoms with E-state index in [2.05, 4.69) is 19.4 Å². The molecule has 3 aromatic carbocycles. The molecule has 0 N–H and O–H groups in total. The quantitative estimate of drug-likeness (QED) is 0.212. The minimum Gasteiger partial charge on any atom is -0.238 e. The van der Waals surface area contributed by atoms with Crippen molar-refractivity contribution in [3.05, 3.63) is 156 Å². The zero-order chi connectivity index (χ0) is 34.2. The minimum absolute atomic E-state index is 0.00269. The van der Waals surface area contributed by atoms with Gasteiger partial charge in [0.1, 0.15) is 6.07 Å². The molecule has 2 aliphatic carbocycles. The molecule has 5 rings (SSSR count). The number of rotatable bonds is 2. The van der Waals surface area contributed by atoms with Crippen molar-refractivity contribution >= 4 is 39.2 Å². The van der Waals surface area contributed by atoms with Crippen molar-refractivity contribution in [2.45, 2.75) is 13.1 Å². The van der Waals surface area contributed by atoms with Crippen LogP contribution in [-0.4, -0.2) is 0 Å². The normalized spacial score (nSPS) is 15.0. The molecule has 0 fully saturated rings. The van der Waals surface area contributed by atoms with Crippen molar-refractivity contribution in [3.63, 3.8) is 0 Å². The van der Waals surface area contributed by atoms with Gasteiger partial charge in [-0.15, -0.1) is 0 Å². The minimum atomic E-state index is -4.85. The molecule has 0 amide bonds. The second kappa shape index (κ2) is 11.4. The second-order valence-corrected chi connectivity index (χ2v) is 10.0. The van der Waals surface area contributed by atoms with Crippen LogP contribution in [0, 0.1) is 78.5 Å². The number of alkyl halides is 3. The largest absolute Gasteiger partial charge is 0.417 e. The van der Waals surface area contributed by atoms with Gasteiger partial charge >= 0.3 is 6.18 Å². The van der Waals surface area contributed by atoms with E-state index in [4.69, 9.17) is 26.3 Å². The highest BCUT2D eigenvalue weighted by molar-refractivity contribution is 6.29. The van der Waals surface area contributed by atoms with Gasteiger partial charge in [-0.25, -0.2) is 29.9 Å². The van der Waals surface area contributed by atoms with Crippen molar-refractivity contribution in [1.29, 1.82) is 21.0 Å². The average Bonchev–Trinajstić information content (AvgIpc) is 3.56. The molecule has 0 bridgehead atoms. The van der Waals surface area contributed by atoms with E-state index < -0.39 is 23.0 Å². The molecule has 0 spiro atoms. The predicted molar refractivity (Wildman–Crippen MR) is 164 cm³/mol. The molecule has 0 aliphatic heterocycles. The summed E-state index contributed by atoms with van der Waals surface area (Å²) in [5, 5.41) is 39.8. The second-order valence-electron chi connectivity index (χ2n) is 10.0. The molecule has 47 heavy (non-hydrogen) atoms. The molecule has 2 aliphatic rings. The summed E-state index contributed by atoms with van der Waals surface area (Å²) in [5.74, 6) is 0. The van der Waals surface area contributed by atoms with Crippen molar-refractivity contribution in [2.75, 3.05) is 0 Å². The lowest BCUT2D eigenvalue weighted by atomic mass is 9.91. The van der Waals surface area contributed by atoms with Crippen molar-refractivity contribution < 1.29 is 13.2 Å². The molecule has 0 atom stereocenters. The highest BCUT2D eigenvalue weighted by Gasteiger charge is 2.38. The number of allylic oxidation sites excluding steroid dienone is 7. The fourth-order valence-corrected chi connectivity index (χ4v) is 5.69. The third kappa shape index (κ3) is 4.65. The van der Waals surface area contributed by atoms with E-state index in [1.807, 2.05) is 12.1 Å². The average molecular weight is 613 g/mol. The van der Waals surface area contributed by atoms with Gasteiger partial charge in [-0.1, -0.05) is 24.3 Å². The van der Waals surface area contributed by atoms with Crippen LogP contribution in [0.25, 0.3) is 52.9 Å². The highest BCUT2D eigenvalue weighted by Crippen LogP contribution is 2.55. The van der Waals surface area contributed by atoms with Gasteiger partial charge in [0.05, 0.1) is 61.2 Å². The zero-order valence-corrected chi connectivity index (χ0v) is 23.8. The molecule has 3 aromatic rings. The van der Waals surface area contributed by atoms with Gasteiger partial charge < -0.3 is 0 Å². The van der Waals surface area contributed by atoms with Crippen LogP contribution in [0.15, 0.2) is 59.9 Å². The summed E-state index contributed by atoms with van der Waals surface area (Å²) in [6.45, 7) is 32.8. The van der Waals surface area contributed by atoms with E-state index >= 15 is 0 Å². The van der Waals surface area contributed by atoms with E-state index in [9.17, 15) is 34.2 Å². The first-order valence-electron chi connectivity index (χ1n) is 13.1. The summed E-state index contributed by atoms with van der Waals surface area (Å²) >= 11 is 0. The first-order chi connectivity index (χ1) is 22.5. The number of nitrogens with zero attached hydrogens (tertiary/aromatic N) is 8. The SMILES string of the molecule is [C-]#[N+]C1=C(c2ccc(C)c([N+]#[C-])c2)/C(=C(/C#N)[N+]#[C-])c2cc3c(cc21)/C(=C(/C#N)[N+]#[C-])C(c1ccc(C(F)(F)F)c(C#N)c1)=C3C#N. The van der Waals surface area contributed by atoms with Gasteiger partial charge in [-0.05, 0) is 86.9 Å². The Labute approximate surface area is 266 Å². The predicted octanol–water partition coefficient (Wildman–Crippen LogP) is 8.99. The van der Waals surface area contributed by atoms with Gasteiger partial charge in [-0.3, -0.25) is 0 Å². The molecule has 8 nitrogen and oxygen atoms in total. The van der Waals surface area contributed by atoms with Crippen molar-refractivity contribution in [3.8, 4) is 24.3 Å². The maximum absolute atomic E-state index is 13.6. The number of nitriles is 4. The number of halogens is 3. The molecular weight excluding hydrogens is 601 g/mol. The van der Waals surface area contributed by atoms with Crippen LogP contribution in [0.5, 0.6) is 0 Å². The van der Waals surface area contributed by atoms with Gasteiger partial charge in [-0.2, -0.15) is 23.7 Å². The summed E-state index contributed by atoms with van der Waals surface area (Å²) in [7, 11) is 0. The van der Waals surface area contributed by atoms with Gasteiger partial charge in [0, 0.05) is 5.57 Å². The van der Waals surface area contributed by atoms with Gasteiger partial charge in [0.2, 0.25) is 5.70 Å². The molecule has 0 heterocycles. The standard InChI is InChI=1S/C36H11F3N8/c1-18-6-7-20(11-28(18)44-2)32-34(30(17-43)46-4)24-12-22-23(13-25(24)35(32)47-5)33(29(16-42)45-3)31(26(22)15-41)19-8-9-27(36(37,38)39)21(10-19)14-40/h6-13H,1H3/b33-29+,34-30-. The van der Waals surface area contributed by atoms with Crippen LogP contribution in [0.2, 0.25) is 0 Å². The van der Waals surface area contributed by atoms with Crippen LogP contribution in [0.1, 0.15) is 50.1 Å². The smallest absolute Gasteiger partial charge is 0.238 e. The lowest BCUT2D eigenvalue weighted by molar-refractivity contribution is -0.137. The molecule has 0 saturated heterocycles. The summed E-state index contributed by atoms with van der Waals surface area (Å²) < 4.78 is 40.8. The van der Waals surface area contributed by atoms with E-state index in [0.717, 1.165) is 12.1 Å². The number of benzene rings is 3. The van der Waals surface area contributed by atoms with Crippen LogP contribution in [-0.2, 0) is 6.18 Å². The van der Waals surface area contributed by atoms with Gasteiger partial charge in [0.25, 0.3) is 11.4 Å². The number of aryl methyl sites for hydroxylation is 1. The fourth-order valence-electron chi connectivity index (χ4n) is 5.69. The molecule has 0 aromatic heterocycles. The Morgan fingerprint density at radius 2 is 1.26 bits per heavy atom. The maximum atomic E-state index is 13.6. The van der Waals surface area contributed by atoms with Crippen molar-refractivity contribution in [2.24, 2.45) is 0 Å². The lowest BCUT2D eigenvalue weighted by Gasteiger charge is -2.13. The monoisotopic (exact) mass is 612 g/mol. The fraction of sp³-hybridized carbons (Fsp3) is 0.0556. The van der Waals surface area contributed by atoms with Crippen LogP contribution in [0.4, 0.5) is 18.9 Å². The Hall–Kier alpha value is -7.67. The molecule has 0 unspecified atom stereocenters. The summed E-state index contributed by atoms with van der Waals surface area (Å²) in [6.07, 6.45) is -4.85. The third-order valence-corrected chi connectivity index (χ3v) is 7.69. The summed E-state index contributed by atoms with van der Waals surface area (Å²) in [4.78, 5) is 13.9. The molecular formula is C36H11F3N8. The Morgan fingerprint density at radius 1 is 0.681 bits per heavy atom. The molecule has 216 valence electrons. The summed E-state index contributed by atoms with van der Waals surface area (Å²) in [6, 6.07) is 17.6. The Bertz CT molecular complexity index is 2450. The van der Waals surface area contributed by atoms with Crippen molar-refractivity contribution in [1.82, 2.24) is 0 Å². The number of fused-ring (bicyclic) bond motifs is 2. The number of hydrogen-bond donors (Lipinski definition) is 0. The Morgan fingerprint density at radius 3 is 1.79 bits per heavy atom. The van der Waals surface area contributed by atoms with E-state index in [1.165, 1.54) is 24.3 Å². The van der Waals surface area contributed by atoms with Crippen LogP contribution < -0.4 is 0 Å². The first-order valence-corrected chi connectivity index (χ1v) is 13.1. The third-order valence-electron chi connectivity index (χ3n) is 7.69. The molecule has 11 heteroatoms. The van der Waals surface area contributed by atoms with Gasteiger partial charge in [0.15, 0.2) is 5.69 Å². The molecule has 0 saturated carbocycles. The van der Waals surface area contributed by atoms with E-state index in [0.29, 0.717) is 17.2 Å². The van der Waals surface area contributed by atoms with E-state index in [1.54, 1.807) is 25.1 Å². The maximum Gasteiger partial charge on any atom is 0.417 e. The van der Waals surface area contributed by atoms with E-state index in [-0.39, 0.29) is 72.8 Å². The Kier molecular flexibility index (Phi) is 7.49. The van der Waals surface area contributed by atoms with Crippen LogP contribution in [0.3, 0.4) is 0 Å². The lowest BCUT2D eigenvalue weighted by Crippen LogP contribution is -2.08. The van der Waals surface area contributed by atoms with Crippen LogP contribution >= 0.6 is 0 Å². The summed E-state index contributed by atoms with van der Waals surface area (Å²) in [5.41, 5.74) is -0.774. The number of hydrogen-bond acceptors (Lipinski definition) is 4. The highest BCUT2D eigenvalue weighted by atomic mass is 19.4. The molecule has 0 radical (unpaired) electrons. The topological polar surface area (TPSA) is 113 Å². The Balaban J connectivity index is 1.91. The first kappa shape index (κ1) is 30.8. The zero-order valence-electron chi connectivity index (χ0n) is 23.8.